The molecule has 0 atom stereocenters. The topological polar surface area (TPSA) is 69.2 Å². The van der Waals surface area contributed by atoms with E-state index in [2.05, 4.69) is 0 Å². The molecule has 0 spiro atoms. The summed E-state index contributed by atoms with van der Waals surface area (Å²) in [5.74, 6) is 0. The molecule has 2 rings (SSSR count). The van der Waals surface area contributed by atoms with Crippen molar-refractivity contribution < 1.29 is 4.92 Å². The van der Waals surface area contributed by atoms with Gasteiger partial charge in [-0.25, -0.2) is 0 Å². The summed E-state index contributed by atoms with van der Waals surface area (Å²) in [7, 11) is 0. The number of nitrogens with zero attached hydrogens (tertiary/aromatic N) is 1. The fourth-order valence-electron chi connectivity index (χ4n) is 2.21. The van der Waals surface area contributed by atoms with E-state index in [1.54, 1.807) is 6.07 Å². The molecular formula is C10H14N2O2S. The van der Waals surface area contributed by atoms with Gasteiger partial charge in [-0.15, -0.1) is 0 Å². The summed E-state index contributed by atoms with van der Waals surface area (Å²) >= 11 is 1.31. The van der Waals surface area contributed by atoms with Gasteiger partial charge in [-0.2, -0.15) is 0 Å². The first-order valence-corrected chi connectivity index (χ1v) is 5.94. The molecule has 0 saturated heterocycles. The molecule has 0 aromatic carbocycles. The summed E-state index contributed by atoms with van der Waals surface area (Å²) in [6.07, 6.45) is 4.42. The summed E-state index contributed by atoms with van der Waals surface area (Å²) in [5, 5.41) is 10.8. The molecule has 1 heterocycles. The van der Waals surface area contributed by atoms with E-state index in [0.717, 1.165) is 24.1 Å². The van der Waals surface area contributed by atoms with Gasteiger partial charge in [-0.1, -0.05) is 17.8 Å². The number of nitro groups is 1. The molecule has 1 aliphatic rings. The van der Waals surface area contributed by atoms with Crippen molar-refractivity contribution in [3.63, 3.8) is 0 Å². The summed E-state index contributed by atoms with van der Waals surface area (Å²) in [4.78, 5) is 11.4. The number of rotatable bonds is 4. The van der Waals surface area contributed by atoms with Gasteiger partial charge in [0.2, 0.25) is 0 Å². The third-order valence-electron chi connectivity index (χ3n) is 3.23. The van der Waals surface area contributed by atoms with Crippen LogP contribution in [0.5, 0.6) is 0 Å². The van der Waals surface area contributed by atoms with Gasteiger partial charge < -0.3 is 5.73 Å². The highest BCUT2D eigenvalue weighted by Crippen LogP contribution is 2.49. The number of nitrogens with two attached hydrogens (primary N) is 1. The van der Waals surface area contributed by atoms with E-state index in [0.29, 0.717) is 6.54 Å². The zero-order valence-electron chi connectivity index (χ0n) is 8.44. The minimum Gasteiger partial charge on any atom is -0.330 e. The normalized spacial score (nSPS) is 18.5. The van der Waals surface area contributed by atoms with Crippen LogP contribution >= 0.6 is 11.3 Å². The van der Waals surface area contributed by atoms with Gasteiger partial charge in [0.15, 0.2) is 0 Å². The van der Waals surface area contributed by atoms with Crippen molar-refractivity contribution in [2.24, 2.45) is 5.73 Å². The maximum absolute atomic E-state index is 10.6. The summed E-state index contributed by atoms with van der Waals surface area (Å²) in [6, 6.07) is 3.51. The average Bonchev–Trinajstić information content (AvgIpc) is 2.60. The Morgan fingerprint density at radius 1 is 1.53 bits per heavy atom. The highest BCUT2D eigenvalue weighted by atomic mass is 32.1. The molecule has 1 aromatic heterocycles. The van der Waals surface area contributed by atoms with Crippen LogP contribution < -0.4 is 5.73 Å². The van der Waals surface area contributed by atoms with E-state index in [-0.39, 0.29) is 15.3 Å². The van der Waals surface area contributed by atoms with E-state index < -0.39 is 0 Å². The second-order valence-corrected chi connectivity index (χ2v) is 5.13. The van der Waals surface area contributed by atoms with Crippen LogP contribution in [0, 0.1) is 10.1 Å². The van der Waals surface area contributed by atoms with Crippen LogP contribution in [0.25, 0.3) is 0 Å². The Balaban J connectivity index is 2.23. The van der Waals surface area contributed by atoms with E-state index in [1.807, 2.05) is 6.07 Å². The number of hydrogen-bond acceptors (Lipinski definition) is 4. The molecule has 0 radical (unpaired) electrons. The average molecular weight is 226 g/mol. The lowest BCUT2D eigenvalue weighted by Gasteiger charge is -2.41. The van der Waals surface area contributed by atoms with Gasteiger partial charge >= 0.3 is 5.00 Å². The number of thiophene rings is 1. The fourth-order valence-corrected chi connectivity index (χ4v) is 3.30. The van der Waals surface area contributed by atoms with E-state index in [9.17, 15) is 10.1 Å². The van der Waals surface area contributed by atoms with Crippen molar-refractivity contribution in [3.05, 3.63) is 27.1 Å². The smallest absolute Gasteiger partial charge is 0.324 e. The molecule has 82 valence electrons. The van der Waals surface area contributed by atoms with E-state index in [1.165, 1.54) is 17.8 Å². The first-order valence-electron chi connectivity index (χ1n) is 5.13. The molecule has 15 heavy (non-hydrogen) atoms. The minimum atomic E-state index is -0.316. The van der Waals surface area contributed by atoms with E-state index >= 15 is 0 Å². The largest absolute Gasteiger partial charge is 0.330 e. The van der Waals surface area contributed by atoms with Gasteiger partial charge in [0.25, 0.3) is 0 Å². The first-order chi connectivity index (χ1) is 7.18. The quantitative estimate of drug-likeness (QED) is 0.633. The molecule has 0 aliphatic heterocycles. The highest BCUT2D eigenvalue weighted by Gasteiger charge is 2.39. The maximum Gasteiger partial charge on any atom is 0.324 e. The number of hydrogen-bond donors (Lipinski definition) is 1. The SMILES string of the molecule is NCCC1(c2ccc([N+](=O)[O-])s2)CCC1. The summed E-state index contributed by atoms with van der Waals surface area (Å²) in [6.45, 7) is 0.658. The molecule has 1 fully saturated rings. The molecule has 0 bridgehead atoms. The van der Waals surface area contributed by atoms with Crippen LogP contribution in [0.15, 0.2) is 12.1 Å². The predicted molar refractivity (Wildman–Crippen MR) is 60.2 cm³/mol. The van der Waals surface area contributed by atoms with E-state index in [4.69, 9.17) is 5.73 Å². The van der Waals surface area contributed by atoms with Crippen molar-refractivity contribution in [3.8, 4) is 0 Å². The third-order valence-corrected chi connectivity index (χ3v) is 4.51. The second kappa shape index (κ2) is 3.90. The molecule has 1 saturated carbocycles. The van der Waals surface area contributed by atoms with Gasteiger partial charge in [0, 0.05) is 16.4 Å². The van der Waals surface area contributed by atoms with Crippen LogP contribution in [0.3, 0.4) is 0 Å². The van der Waals surface area contributed by atoms with Crippen molar-refractivity contribution in [1.29, 1.82) is 0 Å². The van der Waals surface area contributed by atoms with Gasteiger partial charge in [-0.05, 0) is 31.9 Å². The summed E-state index contributed by atoms with van der Waals surface area (Å²) in [5.41, 5.74) is 5.76. The molecule has 1 aromatic rings. The van der Waals surface area contributed by atoms with Crippen molar-refractivity contribution in [2.75, 3.05) is 6.54 Å². The lowest BCUT2D eigenvalue weighted by atomic mass is 9.66. The molecule has 4 nitrogen and oxygen atoms in total. The zero-order valence-corrected chi connectivity index (χ0v) is 9.26. The van der Waals surface area contributed by atoms with Crippen LogP contribution in [0.2, 0.25) is 0 Å². The Labute approximate surface area is 92.2 Å². The lowest BCUT2D eigenvalue weighted by Crippen LogP contribution is -2.35. The first kappa shape index (κ1) is 10.6. The third kappa shape index (κ3) is 1.77. The predicted octanol–water partition coefficient (Wildman–Crippen LogP) is 2.43. The van der Waals surface area contributed by atoms with Crippen molar-refractivity contribution >= 4 is 16.3 Å². The molecule has 5 heteroatoms. The van der Waals surface area contributed by atoms with Gasteiger partial charge in [0.1, 0.15) is 0 Å². The van der Waals surface area contributed by atoms with Crippen molar-refractivity contribution in [1.82, 2.24) is 0 Å². The monoisotopic (exact) mass is 226 g/mol. The van der Waals surface area contributed by atoms with Gasteiger partial charge in [0.05, 0.1) is 4.92 Å². The lowest BCUT2D eigenvalue weighted by molar-refractivity contribution is -0.380. The molecule has 2 N–H and O–H groups in total. The second-order valence-electron chi connectivity index (χ2n) is 4.07. The molecular weight excluding hydrogens is 212 g/mol. The van der Waals surface area contributed by atoms with Crippen LogP contribution in [0.1, 0.15) is 30.6 Å². The Bertz CT molecular complexity index is 371. The van der Waals surface area contributed by atoms with Crippen LogP contribution in [-0.2, 0) is 5.41 Å². The summed E-state index contributed by atoms with van der Waals surface area (Å²) < 4.78 is 0. The molecule has 0 unspecified atom stereocenters. The highest BCUT2D eigenvalue weighted by molar-refractivity contribution is 7.15. The fraction of sp³-hybridized carbons (Fsp3) is 0.600. The Hall–Kier alpha value is -0.940. The van der Waals surface area contributed by atoms with Gasteiger partial charge in [-0.3, -0.25) is 10.1 Å². The zero-order chi connectivity index (χ0) is 10.9. The molecule has 0 amide bonds. The van der Waals surface area contributed by atoms with Crippen LogP contribution in [0.4, 0.5) is 5.00 Å². The Kier molecular flexibility index (Phi) is 2.75. The van der Waals surface area contributed by atoms with Crippen molar-refractivity contribution in [2.45, 2.75) is 31.1 Å². The Morgan fingerprint density at radius 2 is 2.27 bits per heavy atom. The minimum absolute atomic E-state index is 0.160. The maximum atomic E-state index is 10.6. The standard InChI is InChI=1S/C10H14N2O2S/c11-7-6-10(4-1-5-10)8-2-3-9(15-8)12(13)14/h2-3H,1,4-7,11H2. The molecule has 1 aliphatic carbocycles. The van der Waals surface area contributed by atoms with Crippen LogP contribution in [-0.4, -0.2) is 11.5 Å². The Morgan fingerprint density at radius 3 is 2.67 bits per heavy atom.